The Labute approximate surface area is 72.5 Å². The van der Waals surface area contributed by atoms with Crippen LogP contribution in [0.3, 0.4) is 0 Å². The summed E-state index contributed by atoms with van der Waals surface area (Å²) in [5.41, 5.74) is 1.84. The maximum absolute atomic E-state index is 8.75. The maximum Gasteiger partial charge on any atom is 0.0852 e. The largest absolute Gasteiger partial charge is 0.390 e. The zero-order valence-electron chi connectivity index (χ0n) is 7.41. The minimum Gasteiger partial charge on any atom is -0.390 e. The highest BCUT2D eigenvalue weighted by Crippen LogP contribution is 2.09. The average molecular weight is 166 g/mol. The lowest BCUT2D eigenvalue weighted by atomic mass is 10.1. The third-order valence-electron chi connectivity index (χ3n) is 1.94. The molecule has 0 aliphatic rings. The van der Waals surface area contributed by atoms with Crippen molar-refractivity contribution in [3.05, 3.63) is 29.6 Å². The second kappa shape index (κ2) is 4.18. The molecule has 3 heteroatoms. The van der Waals surface area contributed by atoms with E-state index in [1.165, 1.54) is 0 Å². The van der Waals surface area contributed by atoms with Gasteiger partial charge in [0.25, 0.3) is 0 Å². The zero-order chi connectivity index (χ0) is 8.97. The number of nitrogens with zero attached hydrogens (tertiary/aromatic N) is 1. The van der Waals surface area contributed by atoms with Gasteiger partial charge in [-0.1, -0.05) is 6.07 Å². The Morgan fingerprint density at radius 3 is 2.75 bits per heavy atom. The number of nitrogens with one attached hydrogen (secondary N) is 1. The van der Waals surface area contributed by atoms with Crippen LogP contribution in [-0.4, -0.2) is 17.1 Å². The highest BCUT2D eigenvalue weighted by Gasteiger charge is 2.01. The first-order valence-corrected chi connectivity index (χ1v) is 4.01. The molecule has 0 radical (unpaired) electrons. The van der Waals surface area contributed by atoms with E-state index in [-0.39, 0.29) is 6.61 Å². The summed E-state index contributed by atoms with van der Waals surface area (Å²) in [6.45, 7) is 2.07. The van der Waals surface area contributed by atoms with Crippen LogP contribution in [-0.2, 0) is 6.61 Å². The summed E-state index contributed by atoms with van der Waals surface area (Å²) in [5, 5.41) is 11.9. The summed E-state index contributed by atoms with van der Waals surface area (Å²) in [6, 6.07) is 4.12. The van der Waals surface area contributed by atoms with Gasteiger partial charge >= 0.3 is 0 Å². The molecule has 1 rings (SSSR count). The molecular formula is C9H14N2O. The third kappa shape index (κ3) is 2.03. The molecule has 0 aromatic carbocycles. The van der Waals surface area contributed by atoms with Gasteiger partial charge in [0, 0.05) is 12.2 Å². The fourth-order valence-electron chi connectivity index (χ4n) is 0.952. The van der Waals surface area contributed by atoms with Crippen LogP contribution in [0.4, 0.5) is 0 Å². The van der Waals surface area contributed by atoms with Crippen molar-refractivity contribution >= 4 is 0 Å². The standard InChI is InChI=1S/C9H14N2O/c1-7(10-2)8-3-4-9(6-12)11-5-8/h3-5,7,10,12H,6H2,1-2H3/t7-/m0/s1. The molecule has 1 aromatic rings. The Morgan fingerprint density at radius 1 is 1.58 bits per heavy atom. The van der Waals surface area contributed by atoms with Crippen molar-refractivity contribution in [2.45, 2.75) is 19.6 Å². The fourth-order valence-corrected chi connectivity index (χ4v) is 0.952. The van der Waals surface area contributed by atoms with Gasteiger partial charge in [-0.15, -0.1) is 0 Å². The predicted molar refractivity (Wildman–Crippen MR) is 47.6 cm³/mol. The SMILES string of the molecule is CN[C@@H](C)c1ccc(CO)nc1. The molecule has 0 bridgehead atoms. The molecule has 0 aliphatic heterocycles. The minimum absolute atomic E-state index is 0.00815. The molecule has 0 unspecified atom stereocenters. The van der Waals surface area contributed by atoms with Gasteiger partial charge in [-0.05, 0) is 25.6 Å². The van der Waals surface area contributed by atoms with Crippen LogP contribution in [0.15, 0.2) is 18.3 Å². The summed E-state index contributed by atoms with van der Waals surface area (Å²) in [6.07, 6.45) is 1.78. The number of hydrogen-bond donors (Lipinski definition) is 2. The monoisotopic (exact) mass is 166 g/mol. The summed E-state index contributed by atoms with van der Waals surface area (Å²) in [5.74, 6) is 0. The number of aliphatic hydroxyl groups is 1. The van der Waals surface area contributed by atoms with Gasteiger partial charge in [0.2, 0.25) is 0 Å². The van der Waals surface area contributed by atoms with E-state index in [9.17, 15) is 0 Å². The molecule has 0 saturated carbocycles. The quantitative estimate of drug-likeness (QED) is 0.700. The molecule has 0 fully saturated rings. The Morgan fingerprint density at radius 2 is 2.33 bits per heavy atom. The van der Waals surface area contributed by atoms with E-state index in [2.05, 4.69) is 17.2 Å². The van der Waals surface area contributed by atoms with E-state index in [0.717, 1.165) is 5.56 Å². The normalized spacial score (nSPS) is 12.9. The number of aliphatic hydroxyl groups excluding tert-OH is 1. The van der Waals surface area contributed by atoms with Crippen LogP contribution in [0, 0.1) is 0 Å². The van der Waals surface area contributed by atoms with Gasteiger partial charge in [-0.25, -0.2) is 0 Å². The van der Waals surface area contributed by atoms with Crippen molar-refractivity contribution < 1.29 is 5.11 Å². The third-order valence-corrected chi connectivity index (χ3v) is 1.94. The van der Waals surface area contributed by atoms with Crippen LogP contribution in [0.2, 0.25) is 0 Å². The predicted octanol–water partition coefficient (Wildman–Crippen LogP) is 0.854. The summed E-state index contributed by atoms with van der Waals surface area (Å²) in [4.78, 5) is 4.08. The summed E-state index contributed by atoms with van der Waals surface area (Å²) in [7, 11) is 1.91. The lowest BCUT2D eigenvalue weighted by Crippen LogP contribution is -2.12. The molecule has 1 heterocycles. The molecular weight excluding hydrogens is 152 g/mol. The van der Waals surface area contributed by atoms with Gasteiger partial charge < -0.3 is 10.4 Å². The Bertz CT molecular complexity index is 233. The number of aromatic nitrogens is 1. The van der Waals surface area contributed by atoms with E-state index in [0.29, 0.717) is 11.7 Å². The molecule has 0 saturated heterocycles. The van der Waals surface area contributed by atoms with Gasteiger partial charge in [0.05, 0.1) is 12.3 Å². The molecule has 2 N–H and O–H groups in total. The van der Waals surface area contributed by atoms with Gasteiger partial charge in [0.15, 0.2) is 0 Å². The van der Waals surface area contributed by atoms with Crippen molar-refractivity contribution in [2.75, 3.05) is 7.05 Å². The van der Waals surface area contributed by atoms with Crippen LogP contribution >= 0.6 is 0 Å². The maximum atomic E-state index is 8.75. The van der Waals surface area contributed by atoms with Gasteiger partial charge in [-0.3, -0.25) is 4.98 Å². The van der Waals surface area contributed by atoms with E-state index in [4.69, 9.17) is 5.11 Å². The minimum atomic E-state index is 0.00815. The lowest BCUT2D eigenvalue weighted by Gasteiger charge is -2.09. The van der Waals surface area contributed by atoms with Crippen LogP contribution in [0.1, 0.15) is 24.2 Å². The summed E-state index contributed by atoms with van der Waals surface area (Å²) >= 11 is 0. The number of rotatable bonds is 3. The van der Waals surface area contributed by atoms with Gasteiger partial charge in [-0.2, -0.15) is 0 Å². The van der Waals surface area contributed by atoms with Gasteiger partial charge in [0.1, 0.15) is 0 Å². The molecule has 66 valence electrons. The first-order valence-electron chi connectivity index (χ1n) is 4.01. The van der Waals surface area contributed by atoms with Crippen LogP contribution in [0.25, 0.3) is 0 Å². The molecule has 0 amide bonds. The number of pyridine rings is 1. The first kappa shape index (κ1) is 9.16. The van der Waals surface area contributed by atoms with E-state index < -0.39 is 0 Å². The fraction of sp³-hybridized carbons (Fsp3) is 0.444. The summed E-state index contributed by atoms with van der Waals surface area (Å²) < 4.78 is 0. The second-order valence-electron chi connectivity index (χ2n) is 2.75. The Balaban J connectivity index is 2.77. The van der Waals surface area contributed by atoms with E-state index >= 15 is 0 Å². The molecule has 12 heavy (non-hydrogen) atoms. The van der Waals surface area contributed by atoms with E-state index in [1.54, 1.807) is 6.20 Å². The van der Waals surface area contributed by atoms with Crippen LogP contribution in [0.5, 0.6) is 0 Å². The van der Waals surface area contributed by atoms with Crippen molar-refractivity contribution in [1.82, 2.24) is 10.3 Å². The van der Waals surface area contributed by atoms with Crippen molar-refractivity contribution in [1.29, 1.82) is 0 Å². The molecule has 0 aliphatic carbocycles. The average Bonchev–Trinajstić information content (AvgIpc) is 2.17. The molecule has 0 spiro atoms. The zero-order valence-corrected chi connectivity index (χ0v) is 7.41. The smallest absolute Gasteiger partial charge is 0.0852 e. The molecule has 1 aromatic heterocycles. The number of hydrogen-bond acceptors (Lipinski definition) is 3. The van der Waals surface area contributed by atoms with Crippen molar-refractivity contribution in [2.24, 2.45) is 0 Å². The Hall–Kier alpha value is -0.930. The molecule has 3 nitrogen and oxygen atoms in total. The van der Waals surface area contributed by atoms with Crippen LogP contribution < -0.4 is 5.32 Å². The highest BCUT2D eigenvalue weighted by molar-refractivity contribution is 5.16. The topological polar surface area (TPSA) is 45.1 Å². The highest BCUT2D eigenvalue weighted by atomic mass is 16.3. The molecule has 1 atom stereocenters. The van der Waals surface area contributed by atoms with Crippen molar-refractivity contribution in [3.8, 4) is 0 Å². The van der Waals surface area contributed by atoms with Crippen molar-refractivity contribution in [3.63, 3.8) is 0 Å². The Kier molecular flexibility index (Phi) is 3.19. The second-order valence-corrected chi connectivity index (χ2v) is 2.75. The first-order chi connectivity index (χ1) is 5.77. The van der Waals surface area contributed by atoms with E-state index in [1.807, 2.05) is 19.2 Å². The lowest BCUT2D eigenvalue weighted by molar-refractivity contribution is 0.277.